The van der Waals surface area contributed by atoms with E-state index in [1.165, 1.54) is 6.39 Å². The number of nitrogens with one attached hydrogen (secondary N) is 1. The van der Waals surface area contributed by atoms with Gasteiger partial charge in [0.1, 0.15) is 0 Å². The summed E-state index contributed by atoms with van der Waals surface area (Å²) in [5, 5.41) is 18.2. The normalized spacial score (nSPS) is 10.4. The van der Waals surface area contributed by atoms with Gasteiger partial charge in [-0.25, -0.2) is 9.78 Å². The lowest BCUT2D eigenvalue weighted by Crippen LogP contribution is -1.99. The summed E-state index contributed by atoms with van der Waals surface area (Å²) in [6.45, 7) is 1.69. The van der Waals surface area contributed by atoms with E-state index in [0.29, 0.717) is 11.5 Å². The molecule has 7 nitrogen and oxygen atoms in total. The first-order chi connectivity index (χ1) is 6.70. The number of oxazole rings is 1. The van der Waals surface area contributed by atoms with Crippen LogP contribution in [0.1, 0.15) is 16.2 Å². The number of rotatable bonds is 2. The van der Waals surface area contributed by atoms with Crippen molar-refractivity contribution in [1.82, 2.24) is 20.4 Å². The molecule has 0 saturated heterocycles. The lowest BCUT2D eigenvalue weighted by molar-refractivity contribution is 0.0691. The van der Waals surface area contributed by atoms with Gasteiger partial charge < -0.3 is 9.52 Å². The zero-order valence-electron chi connectivity index (χ0n) is 7.18. The summed E-state index contributed by atoms with van der Waals surface area (Å²) >= 11 is 0. The van der Waals surface area contributed by atoms with Crippen LogP contribution in [-0.2, 0) is 0 Å². The highest BCUT2D eigenvalue weighted by Gasteiger charge is 2.21. The molecule has 0 aliphatic carbocycles. The van der Waals surface area contributed by atoms with Crippen molar-refractivity contribution in [2.24, 2.45) is 0 Å². The molecule has 0 atom stereocenters. The Morgan fingerprint density at radius 3 is 2.93 bits per heavy atom. The number of aromatic amines is 1. The predicted octanol–water partition coefficient (Wildman–Crippen LogP) is 0.466. The Morgan fingerprint density at radius 2 is 2.36 bits per heavy atom. The van der Waals surface area contributed by atoms with E-state index >= 15 is 0 Å². The van der Waals surface area contributed by atoms with Crippen LogP contribution in [-0.4, -0.2) is 31.5 Å². The first-order valence-corrected chi connectivity index (χ1v) is 3.74. The van der Waals surface area contributed by atoms with Gasteiger partial charge in [0.05, 0.1) is 5.69 Å². The largest absolute Gasteiger partial charge is 0.476 e. The topological polar surface area (TPSA) is 105 Å². The summed E-state index contributed by atoms with van der Waals surface area (Å²) in [5.41, 5.74) is 0.554. The molecule has 0 aliphatic heterocycles. The van der Waals surface area contributed by atoms with Crippen molar-refractivity contribution < 1.29 is 14.3 Å². The van der Waals surface area contributed by atoms with Gasteiger partial charge in [-0.1, -0.05) is 0 Å². The van der Waals surface area contributed by atoms with E-state index in [1.807, 2.05) is 0 Å². The fourth-order valence-corrected chi connectivity index (χ4v) is 1.07. The van der Waals surface area contributed by atoms with Gasteiger partial charge in [0.2, 0.25) is 5.69 Å². The summed E-state index contributed by atoms with van der Waals surface area (Å²) in [5.74, 6) is -0.847. The minimum atomic E-state index is -1.16. The molecule has 2 N–H and O–H groups in total. The van der Waals surface area contributed by atoms with Crippen molar-refractivity contribution >= 4 is 5.97 Å². The number of hydrogen-bond acceptors (Lipinski definition) is 5. The minimum Gasteiger partial charge on any atom is -0.476 e. The number of carbonyl (C=O) groups is 1. The van der Waals surface area contributed by atoms with E-state index in [9.17, 15) is 4.79 Å². The summed E-state index contributed by atoms with van der Waals surface area (Å²) < 4.78 is 5.00. The molecular weight excluding hydrogens is 188 g/mol. The average molecular weight is 194 g/mol. The number of aromatic carboxylic acids is 1. The quantitative estimate of drug-likeness (QED) is 0.719. The standard InChI is InChI=1S/C7H6N4O3/c1-3-6(14-2-8-3)4-5(7(12)13)10-11-9-4/h2H,1H3,(H,12,13)(H,9,10,11). The lowest BCUT2D eigenvalue weighted by Gasteiger charge is -1.91. The van der Waals surface area contributed by atoms with E-state index in [2.05, 4.69) is 20.4 Å². The maximum Gasteiger partial charge on any atom is 0.358 e. The summed E-state index contributed by atoms with van der Waals surface area (Å²) in [4.78, 5) is 14.5. The number of H-pyrrole nitrogens is 1. The van der Waals surface area contributed by atoms with Crippen molar-refractivity contribution in [3.63, 3.8) is 0 Å². The first kappa shape index (κ1) is 8.42. The van der Waals surface area contributed by atoms with E-state index in [1.54, 1.807) is 6.92 Å². The summed E-state index contributed by atoms with van der Waals surface area (Å²) in [6.07, 6.45) is 1.23. The zero-order chi connectivity index (χ0) is 10.1. The van der Waals surface area contributed by atoms with Crippen LogP contribution in [0.25, 0.3) is 11.5 Å². The van der Waals surface area contributed by atoms with Crippen LogP contribution in [0.5, 0.6) is 0 Å². The van der Waals surface area contributed by atoms with Gasteiger partial charge in [0.25, 0.3) is 0 Å². The summed E-state index contributed by atoms with van der Waals surface area (Å²) in [6, 6.07) is 0. The molecule has 14 heavy (non-hydrogen) atoms. The molecule has 0 radical (unpaired) electrons. The Morgan fingerprint density at radius 1 is 1.57 bits per heavy atom. The Kier molecular flexibility index (Phi) is 1.77. The van der Waals surface area contributed by atoms with Gasteiger partial charge in [-0.05, 0) is 6.92 Å². The molecule has 0 aromatic carbocycles. The minimum absolute atomic E-state index is 0.160. The number of aryl methyl sites for hydroxylation is 1. The van der Waals surface area contributed by atoms with Crippen LogP contribution < -0.4 is 0 Å². The molecule has 7 heteroatoms. The van der Waals surface area contributed by atoms with Crippen molar-refractivity contribution in [1.29, 1.82) is 0 Å². The van der Waals surface area contributed by atoms with E-state index in [0.717, 1.165) is 0 Å². The molecule has 2 heterocycles. The molecule has 2 aromatic rings. The van der Waals surface area contributed by atoms with Gasteiger partial charge in [-0.3, -0.25) is 0 Å². The van der Waals surface area contributed by atoms with Gasteiger partial charge >= 0.3 is 5.97 Å². The molecule has 0 fully saturated rings. The third-order valence-corrected chi connectivity index (χ3v) is 1.71. The van der Waals surface area contributed by atoms with Crippen LogP contribution in [0.15, 0.2) is 10.8 Å². The van der Waals surface area contributed by atoms with E-state index in [-0.39, 0.29) is 11.4 Å². The predicted molar refractivity (Wildman–Crippen MR) is 43.6 cm³/mol. The molecule has 2 rings (SSSR count). The molecule has 0 unspecified atom stereocenters. The maximum atomic E-state index is 10.7. The first-order valence-electron chi connectivity index (χ1n) is 3.74. The molecule has 2 aromatic heterocycles. The highest BCUT2D eigenvalue weighted by molar-refractivity contribution is 5.91. The number of hydrogen-bond donors (Lipinski definition) is 2. The van der Waals surface area contributed by atoms with E-state index < -0.39 is 5.97 Å². The molecule has 0 saturated carbocycles. The average Bonchev–Trinajstić information content (AvgIpc) is 2.70. The van der Waals surface area contributed by atoms with Gasteiger partial charge in [0.15, 0.2) is 17.8 Å². The second-order valence-electron chi connectivity index (χ2n) is 2.59. The maximum absolute atomic E-state index is 10.7. The molecule has 0 amide bonds. The van der Waals surface area contributed by atoms with Crippen LogP contribution in [0.2, 0.25) is 0 Å². The summed E-state index contributed by atoms with van der Waals surface area (Å²) in [7, 11) is 0. The van der Waals surface area contributed by atoms with Crippen molar-refractivity contribution in [3.8, 4) is 11.5 Å². The smallest absolute Gasteiger partial charge is 0.358 e. The third-order valence-electron chi connectivity index (χ3n) is 1.71. The monoisotopic (exact) mass is 194 g/mol. The van der Waals surface area contributed by atoms with Crippen molar-refractivity contribution in [2.75, 3.05) is 0 Å². The Hall–Kier alpha value is -2.18. The van der Waals surface area contributed by atoms with Gasteiger partial charge in [-0.2, -0.15) is 10.3 Å². The number of carboxylic acid groups (broad SMARTS) is 1. The van der Waals surface area contributed by atoms with Crippen molar-refractivity contribution in [2.45, 2.75) is 6.92 Å². The van der Waals surface area contributed by atoms with Gasteiger partial charge in [-0.15, -0.1) is 5.10 Å². The second-order valence-corrected chi connectivity index (χ2v) is 2.59. The van der Waals surface area contributed by atoms with Gasteiger partial charge in [0, 0.05) is 0 Å². The SMILES string of the molecule is Cc1ncoc1-c1n[nH]nc1C(=O)O. The fourth-order valence-electron chi connectivity index (χ4n) is 1.07. The van der Waals surface area contributed by atoms with Crippen molar-refractivity contribution in [3.05, 3.63) is 17.8 Å². The molecule has 0 bridgehead atoms. The highest BCUT2D eigenvalue weighted by atomic mass is 16.4. The second kappa shape index (κ2) is 2.95. The highest BCUT2D eigenvalue weighted by Crippen LogP contribution is 2.22. The van der Waals surface area contributed by atoms with Crippen LogP contribution in [0, 0.1) is 6.92 Å². The van der Waals surface area contributed by atoms with Crippen LogP contribution >= 0.6 is 0 Å². The molecule has 0 aliphatic rings. The fraction of sp³-hybridized carbons (Fsp3) is 0.143. The van der Waals surface area contributed by atoms with Crippen LogP contribution in [0.4, 0.5) is 0 Å². The number of aromatic nitrogens is 4. The number of nitrogens with zero attached hydrogens (tertiary/aromatic N) is 3. The lowest BCUT2D eigenvalue weighted by atomic mass is 10.2. The Labute approximate surface area is 77.8 Å². The molecule has 0 spiro atoms. The Balaban J connectivity index is 2.57. The van der Waals surface area contributed by atoms with Crippen LogP contribution in [0.3, 0.4) is 0 Å². The van der Waals surface area contributed by atoms with E-state index in [4.69, 9.17) is 9.52 Å². The molecule has 72 valence electrons. The Bertz CT molecular complexity index is 473. The zero-order valence-corrected chi connectivity index (χ0v) is 7.18. The molecular formula is C7H6N4O3. The number of carboxylic acids is 1. The third kappa shape index (κ3) is 1.15.